The van der Waals surface area contributed by atoms with E-state index < -0.39 is 0 Å². The van der Waals surface area contributed by atoms with Crippen molar-refractivity contribution in [2.24, 2.45) is 0 Å². The molecule has 0 bridgehead atoms. The zero-order chi connectivity index (χ0) is 13.8. The first-order valence-electron chi connectivity index (χ1n) is 7.74. The molecule has 0 spiro atoms. The molecule has 1 N–H and O–H groups in total. The Hall–Kier alpha value is -1.26. The third-order valence-corrected chi connectivity index (χ3v) is 4.18. The van der Waals surface area contributed by atoms with E-state index in [9.17, 15) is 0 Å². The summed E-state index contributed by atoms with van der Waals surface area (Å²) in [6.07, 6.45) is 1.22. The van der Waals surface area contributed by atoms with Gasteiger partial charge in [0, 0.05) is 43.6 Å². The quantitative estimate of drug-likeness (QED) is 0.889. The normalized spacial score (nSPS) is 24.6. The van der Waals surface area contributed by atoms with Crippen LogP contribution in [-0.2, 0) is 4.74 Å². The molecule has 0 aliphatic carbocycles. The smallest absolute Gasteiger partial charge is 0.0642 e. The summed E-state index contributed by atoms with van der Waals surface area (Å²) in [6.45, 7) is 9.33. The van der Waals surface area contributed by atoms with Crippen LogP contribution in [0.5, 0.6) is 0 Å². The van der Waals surface area contributed by atoms with Gasteiger partial charge >= 0.3 is 0 Å². The zero-order valence-corrected chi connectivity index (χ0v) is 12.3. The molecule has 4 nitrogen and oxygen atoms in total. The van der Waals surface area contributed by atoms with Crippen LogP contribution in [0.1, 0.15) is 13.3 Å². The molecule has 2 saturated heterocycles. The number of morpholine rings is 1. The molecule has 0 amide bonds. The first-order chi connectivity index (χ1) is 9.83. The topological polar surface area (TPSA) is 27.7 Å². The minimum atomic E-state index is 0.566. The van der Waals surface area contributed by atoms with Crippen molar-refractivity contribution in [3.8, 4) is 0 Å². The summed E-state index contributed by atoms with van der Waals surface area (Å²) in [5.41, 5.74) is 2.66. The number of nitrogens with one attached hydrogen (secondary N) is 1. The summed E-state index contributed by atoms with van der Waals surface area (Å²) in [6, 6.07) is 9.61. The molecule has 2 fully saturated rings. The summed E-state index contributed by atoms with van der Waals surface area (Å²) in [5.74, 6) is 0. The predicted octanol–water partition coefficient (Wildman–Crippen LogP) is 1.71. The molecular formula is C16H25N3O. The van der Waals surface area contributed by atoms with Gasteiger partial charge in [-0.05, 0) is 44.2 Å². The number of nitrogens with zero attached hydrogens (tertiary/aromatic N) is 2. The van der Waals surface area contributed by atoms with Crippen LogP contribution in [0.15, 0.2) is 24.3 Å². The maximum Gasteiger partial charge on any atom is 0.0642 e. The fourth-order valence-corrected chi connectivity index (χ4v) is 3.04. The van der Waals surface area contributed by atoms with E-state index in [1.54, 1.807) is 0 Å². The summed E-state index contributed by atoms with van der Waals surface area (Å²) < 4.78 is 5.41. The first-order valence-corrected chi connectivity index (χ1v) is 7.74. The van der Waals surface area contributed by atoms with E-state index in [1.807, 2.05) is 0 Å². The Kier molecular flexibility index (Phi) is 4.43. The first kappa shape index (κ1) is 13.7. The molecule has 1 atom stereocenters. The van der Waals surface area contributed by atoms with Gasteiger partial charge < -0.3 is 19.9 Å². The molecule has 20 heavy (non-hydrogen) atoms. The van der Waals surface area contributed by atoms with Gasteiger partial charge in [-0.25, -0.2) is 0 Å². The van der Waals surface area contributed by atoms with Crippen LogP contribution in [0.4, 0.5) is 11.4 Å². The van der Waals surface area contributed by atoms with Gasteiger partial charge in [0.2, 0.25) is 0 Å². The van der Waals surface area contributed by atoms with Gasteiger partial charge in [-0.15, -0.1) is 0 Å². The summed E-state index contributed by atoms with van der Waals surface area (Å²) >= 11 is 0. The van der Waals surface area contributed by atoms with E-state index in [-0.39, 0.29) is 0 Å². The van der Waals surface area contributed by atoms with Gasteiger partial charge in [-0.1, -0.05) is 0 Å². The molecule has 4 heteroatoms. The van der Waals surface area contributed by atoms with E-state index in [0.717, 1.165) is 45.9 Å². The lowest BCUT2D eigenvalue weighted by atomic mass is 10.2. The molecule has 2 aliphatic rings. The van der Waals surface area contributed by atoms with Gasteiger partial charge in [-0.3, -0.25) is 0 Å². The van der Waals surface area contributed by atoms with Gasteiger partial charge in [0.25, 0.3) is 0 Å². The van der Waals surface area contributed by atoms with Crippen molar-refractivity contribution in [1.29, 1.82) is 0 Å². The maximum absolute atomic E-state index is 5.41. The average molecular weight is 275 g/mol. The molecule has 0 radical (unpaired) electrons. The van der Waals surface area contributed by atoms with Crippen molar-refractivity contribution >= 4 is 11.4 Å². The van der Waals surface area contributed by atoms with Crippen molar-refractivity contribution in [3.05, 3.63) is 24.3 Å². The van der Waals surface area contributed by atoms with E-state index >= 15 is 0 Å². The van der Waals surface area contributed by atoms with E-state index in [2.05, 4.69) is 46.3 Å². The van der Waals surface area contributed by atoms with Crippen molar-refractivity contribution in [3.63, 3.8) is 0 Å². The van der Waals surface area contributed by atoms with Crippen LogP contribution in [0.25, 0.3) is 0 Å². The molecule has 1 aromatic carbocycles. The SMILES string of the molecule is CC1CN(c2ccc(N3CCOCC3)cc2)CCCN1. The number of ether oxygens (including phenoxy) is 1. The summed E-state index contributed by atoms with van der Waals surface area (Å²) in [5, 5.41) is 3.54. The lowest BCUT2D eigenvalue weighted by molar-refractivity contribution is 0.122. The standard InChI is InChI=1S/C16H25N3O/c1-14-13-19(8-2-7-17-14)16-5-3-15(4-6-16)18-9-11-20-12-10-18/h3-6,14,17H,2,7-13H2,1H3. The minimum absolute atomic E-state index is 0.566. The Bertz CT molecular complexity index is 414. The highest BCUT2D eigenvalue weighted by Crippen LogP contribution is 2.22. The number of anilines is 2. The molecular weight excluding hydrogens is 250 g/mol. The van der Waals surface area contributed by atoms with Crippen LogP contribution in [0.2, 0.25) is 0 Å². The van der Waals surface area contributed by atoms with Crippen LogP contribution in [0, 0.1) is 0 Å². The largest absolute Gasteiger partial charge is 0.378 e. The Balaban J connectivity index is 1.68. The molecule has 1 unspecified atom stereocenters. The lowest BCUT2D eigenvalue weighted by Crippen LogP contribution is -2.36. The molecule has 110 valence electrons. The molecule has 0 aromatic heterocycles. The third-order valence-electron chi connectivity index (χ3n) is 4.18. The molecule has 3 rings (SSSR count). The number of hydrogen-bond acceptors (Lipinski definition) is 4. The summed E-state index contributed by atoms with van der Waals surface area (Å²) in [4.78, 5) is 4.90. The third kappa shape index (κ3) is 3.25. The van der Waals surface area contributed by atoms with Crippen molar-refractivity contribution in [2.75, 3.05) is 55.7 Å². The van der Waals surface area contributed by atoms with Gasteiger partial charge in [-0.2, -0.15) is 0 Å². The molecule has 0 saturated carbocycles. The van der Waals surface area contributed by atoms with Crippen LogP contribution in [0.3, 0.4) is 0 Å². The van der Waals surface area contributed by atoms with E-state index in [0.29, 0.717) is 6.04 Å². The van der Waals surface area contributed by atoms with Crippen molar-refractivity contribution < 1.29 is 4.74 Å². The van der Waals surface area contributed by atoms with Crippen LogP contribution >= 0.6 is 0 Å². The highest BCUT2D eigenvalue weighted by molar-refractivity contribution is 5.56. The highest BCUT2D eigenvalue weighted by atomic mass is 16.5. The number of rotatable bonds is 2. The maximum atomic E-state index is 5.41. The second kappa shape index (κ2) is 6.46. The zero-order valence-electron chi connectivity index (χ0n) is 12.3. The van der Waals surface area contributed by atoms with Crippen LogP contribution in [-0.4, -0.2) is 52.0 Å². The highest BCUT2D eigenvalue weighted by Gasteiger charge is 2.15. The lowest BCUT2D eigenvalue weighted by Gasteiger charge is -2.30. The summed E-state index contributed by atoms with van der Waals surface area (Å²) in [7, 11) is 0. The van der Waals surface area contributed by atoms with Gasteiger partial charge in [0.05, 0.1) is 13.2 Å². The molecule has 2 heterocycles. The van der Waals surface area contributed by atoms with Crippen molar-refractivity contribution in [1.82, 2.24) is 5.32 Å². The fraction of sp³-hybridized carbons (Fsp3) is 0.625. The molecule has 2 aliphatic heterocycles. The average Bonchev–Trinajstić information content (AvgIpc) is 2.73. The van der Waals surface area contributed by atoms with Gasteiger partial charge in [0.1, 0.15) is 0 Å². The second-order valence-corrected chi connectivity index (χ2v) is 5.77. The number of benzene rings is 1. The second-order valence-electron chi connectivity index (χ2n) is 5.77. The Morgan fingerprint density at radius 2 is 1.65 bits per heavy atom. The Morgan fingerprint density at radius 3 is 2.35 bits per heavy atom. The Labute approximate surface area is 121 Å². The minimum Gasteiger partial charge on any atom is -0.378 e. The fourth-order valence-electron chi connectivity index (χ4n) is 3.04. The van der Waals surface area contributed by atoms with Crippen LogP contribution < -0.4 is 15.1 Å². The van der Waals surface area contributed by atoms with E-state index in [4.69, 9.17) is 4.74 Å². The Morgan fingerprint density at radius 1 is 1.00 bits per heavy atom. The monoisotopic (exact) mass is 275 g/mol. The van der Waals surface area contributed by atoms with Gasteiger partial charge in [0.15, 0.2) is 0 Å². The number of hydrogen-bond donors (Lipinski definition) is 1. The van der Waals surface area contributed by atoms with E-state index in [1.165, 1.54) is 17.8 Å². The van der Waals surface area contributed by atoms with Crippen molar-refractivity contribution in [2.45, 2.75) is 19.4 Å². The molecule has 1 aromatic rings. The predicted molar refractivity (Wildman–Crippen MR) is 83.8 cm³/mol.